The number of halogens is 1. The van der Waals surface area contributed by atoms with E-state index in [0.29, 0.717) is 27.8 Å². The maximum atomic E-state index is 11.3. The highest BCUT2D eigenvalue weighted by Gasteiger charge is 2.13. The summed E-state index contributed by atoms with van der Waals surface area (Å²) in [6.07, 6.45) is 0. The molecule has 0 saturated heterocycles. The van der Waals surface area contributed by atoms with Crippen molar-refractivity contribution in [3.8, 4) is 5.75 Å². The van der Waals surface area contributed by atoms with Crippen molar-refractivity contribution in [1.29, 1.82) is 0 Å². The Morgan fingerprint density at radius 1 is 1.29 bits per heavy atom. The number of anilines is 3. The molecule has 0 radical (unpaired) electrons. The summed E-state index contributed by atoms with van der Waals surface area (Å²) in [6, 6.07) is 8.12. The average Bonchev–Trinajstić information content (AvgIpc) is 2.44. The molecule has 0 amide bonds. The van der Waals surface area contributed by atoms with Gasteiger partial charge in [0.1, 0.15) is 5.75 Å². The number of nitrogens with two attached hydrogens (primary N) is 1. The molecule has 0 unspecified atom stereocenters. The predicted octanol–water partition coefficient (Wildman–Crippen LogP) is 3.68. The lowest BCUT2D eigenvalue weighted by atomic mass is 10.1. The lowest BCUT2D eigenvalue weighted by molar-refractivity contribution is 0.0698. The van der Waals surface area contributed by atoms with Crippen LogP contribution in [-0.4, -0.2) is 18.2 Å². The molecule has 2 aromatic carbocycles. The van der Waals surface area contributed by atoms with Gasteiger partial charge >= 0.3 is 5.97 Å². The first kappa shape index (κ1) is 15.0. The molecule has 0 aliphatic rings. The first-order chi connectivity index (χ1) is 9.92. The Balaban J connectivity index is 2.47. The molecule has 5 nitrogen and oxygen atoms in total. The van der Waals surface area contributed by atoms with Crippen LogP contribution in [0.1, 0.15) is 15.9 Å². The molecular weight excluding hydrogens is 292 g/mol. The van der Waals surface area contributed by atoms with Crippen LogP contribution >= 0.6 is 11.6 Å². The van der Waals surface area contributed by atoms with Gasteiger partial charge in [-0.2, -0.15) is 0 Å². The van der Waals surface area contributed by atoms with Crippen LogP contribution in [0.2, 0.25) is 5.02 Å². The molecule has 2 aromatic rings. The first-order valence-electron chi connectivity index (χ1n) is 6.16. The second-order valence-electron chi connectivity index (χ2n) is 4.54. The van der Waals surface area contributed by atoms with E-state index in [1.54, 1.807) is 24.3 Å². The third-order valence-corrected chi connectivity index (χ3v) is 3.43. The van der Waals surface area contributed by atoms with Crippen molar-refractivity contribution in [3.05, 3.63) is 46.5 Å². The molecule has 21 heavy (non-hydrogen) atoms. The maximum Gasteiger partial charge on any atom is 0.337 e. The van der Waals surface area contributed by atoms with Crippen molar-refractivity contribution in [2.24, 2.45) is 0 Å². The number of aryl methyl sites for hydroxylation is 1. The predicted molar refractivity (Wildman–Crippen MR) is 83.8 cm³/mol. The van der Waals surface area contributed by atoms with E-state index in [-0.39, 0.29) is 5.56 Å². The van der Waals surface area contributed by atoms with Crippen LogP contribution in [0.4, 0.5) is 17.1 Å². The summed E-state index contributed by atoms with van der Waals surface area (Å²) < 4.78 is 5.26. The number of carboxylic acids is 1. The van der Waals surface area contributed by atoms with E-state index >= 15 is 0 Å². The third-order valence-electron chi connectivity index (χ3n) is 3.02. The third kappa shape index (κ3) is 3.20. The average molecular weight is 307 g/mol. The number of aromatic carboxylic acids is 1. The Bertz CT molecular complexity index is 702. The molecule has 0 atom stereocenters. The van der Waals surface area contributed by atoms with Gasteiger partial charge in [0.05, 0.1) is 24.0 Å². The van der Waals surface area contributed by atoms with Gasteiger partial charge in [-0.05, 0) is 36.8 Å². The van der Waals surface area contributed by atoms with Crippen molar-refractivity contribution in [2.75, 3.05) is 18.2 Å². The summed E-state index contributed by atoms with van der Waals surface area (Å²) in [5.74, 6) is -0.534. The fourth-order valence-electron chi connectivity index (χ4n) is 1.92. The number of hydrogen-bond acceptors (Lipinski definition) is 4. The molecule has 2 rings (SSSR count). The van der Waals surface area contributed by atoms with E-state index in [2.05, 4.69) is 5.32 Å². The van der Waals surface area contributed by atoms with Crippen molar-refractivity contribution in [1.82, 2.24) is 0 Å². The maximum absolute atomic E-state index is 11.3. The standard InChI is InChI=1S/C15H15ClN2O3/c1-8-5-13(14(21-2)7-11(8)16)18-12-4-3-9(17)6-10(12)15(19)20/h3-7,18H,17H2,1-2H3,(H,19,20). The summed E-state index contributed by atoms with van der Waals surface area (Å²) >= 11 is 6.05. The van der Waals surface area contributed by atoms with Gasteiger partial charge in [-0.15, -0.1) is 0 Å². The number of carbonyl (C=O) groups is 1. The molecule has 0 saturated carbocycles. The number of benzene rings is 2. The van der Waals surface area contributed by atoms with Crippen LogP contribution < -0.4 is 15.8 Å². The minimum atomic E-state index is -1.06. The van der Waals surface area contributed by atoms with E-state index in [1.807, 2.05) is 6.92 Å². The zero-order chi connectivity index (χ0) is 15.6. The normalized spacial score (nSPS) is 10.2. The zero-order valence-corrected chi connectivity index (χ0v) is 12.4. The summed E-state index contributed by atoms with van der Waals surface area (Å²) in [5, 5.41) is 12.9. The number of methoxy groups -OCH3 is 1. The molecule has 4 N–H and O–H groups in total. The van der Waals surface area contributed by atoms with Gasteiger partial charge in [0.2, 0.25) is 0 Å². The van der Waals surface area contributed by atoms with E-state index < -0.39 is 5.97 Å². The van der Waals surface area contributed by atoms with Crippen LogP contribution in [0.3, 0.4) is 0 Å². The summed E-state index contributed by atoms with van der Waals surface area (Å²) in [5.41, 5.74) is 8.01. The highest BCUT2D eigenvalue weighted by molar-refractivity contribution is 6.31. The fourth-order valence-corrected chi connectivity index (χ4v) is 2.08. The van der Waals surface area contributed by atoms with Crippen molar-refractivity contribution in [3.63, 3.8) is 0 Å². The Hall–Kier alpha value is -2.40. The second kappa shape index (κ2) is 5.93. The van der Waals surface area contributed by atoms with Crippen molar-refractivity contribution >= 4 is 34.6 Å². The van der Waals surface area contributed by atoms with Crippen molar-refractivity contribution < 1.29 is 14.6 Å². The van der Waals surface area contributed by atoms with E-state index in [9.17, 15) is 9.90 Å². The number of nitrogens with one attached hydrogen (secondary N) is 1. The Morgan fingerprint density at radius 2 is 2.00 bits per heavy atom. The lowest BCUT2D eigenvalue weighted by Gasteiger charge is -2.15. The quantitative estimate of drug-likeness (QED) is 0.750. The van der Waals surface area contributed by atoms with Crippen LogP contribution in [0.15, 0.2) is 30.3 Å². The first-order valence-corrected chi connectivity index (χ1v) is 6.54. The Kier molecular flexibility index (Phi) is 4.23. The topological polar surface area (TPSA) is 84.6 Å². The number of ether oxygens (including phenoxy) is 1. The molecule has 0 aliphatic heterocycles. The number of carboxylic acid groups (broad SMARTS) is 1. The Morgan fingerprint density at radius 3 is 2.62 bits per heavy atom. The van der Waals surface area contributed by atoms with Crippen LogP contribution in [0, 0.1) is 6.92 Å². The lowest BCUT2D eigenvalue weighted by Crippen LogP contribution is -2.05. The molecule has 0 fully saturated rings. The van der Waals surface area contributed by atoms with Gasteiger partial charge in [0.25, 0.3) is 0 Å². The largest absolute Gasteiger partial charge is 0.495 e. The number of nitrogen functional groups attached to an aromatic ring is 1. The summed E-state index contributed by atoms with van der Waals surface area (Å²) in [4.78, 5) is 11.3. The van der Waals surface area contributed by atoms with Gasteiger partial charge in [0, 0.05) is 16.8 Å². The zero-order valence-electron chi connectivity index (χ0n) is 11.6. The highest BCUT2D eigenvalue weighted by Crippen LogP contribution is 2.34. The van der Waals surface area contributed by atoms with Gasteiger partial charge in [0.15, 0.2) is 0 Å². The van der Waals surface area contributed by atoms with E-state index in [4.69, 9.17) is 22.1 Å². The molecular formula is C15H15ClN2O3. The monoisotopic (exact) mass is 306 g/mol. The smallest absolute Gasteiger partial charge is 0.337 e. The van der Waals surface area contributed by atoms with Crippen LogP contribution in [-0.2, 0) is 0 Å². The van der Waals surface area contributed by atoms with Gasteiger partial charge in [-0.1, -0.05) is 11.6 Å². The SMILES string of the molecule is COc1cc(Cl)c(C)cc1Nc1ccc(N)cc1C(=O)O. The summed E-state index contributed by atoms with van der Waals surface area (Å²) in [7, 11) is 1.52. The minimum absolute atomic E-state index is 0.0876. The molecule has 0 bridgehead atoms. The number of hydrogen-bond donors (Lipinski definition) is 3. The molecule has 0 heterocycles. The molecule has 0 spiro atoms. The Labute approximate surface area is 127 Å². The van der Waals surface area contributed by atoms with Crippen LogP contribution in [0.5, 0.6) is 5.75 Å². The number of rotatable bonds is 4. The van der Waals surface area contributed by atoms with Crippen LogP contribution in [0.25, 0.3) is 0 Å². The molecule has 0 aliphatic carbocycles. The second-order valence-corrected chi connectivity index (χ2v) is 4.94. The fraction of sp³-hybridized carbons (Fsp3) is 0.133. The molecule has 110 valence electrons. The molecule has 0 aromatic heterocycles. The van der Waals surface area contributed by atoms with E-state index in [1.165, 1.54) is 13.2 Å². The van der Waals surface area contributed by atoms with Gasteiger partial charge in [-0.25, -0.2) is 4.79 Å². The highest BCUT2D eigenvalue weighted by atomic mass is 35.5. The summed E-state index contributed by atoms with van der Waals surface area (Å²) in [6.45, 7) is 1.86. The van der Waals surface area contributed by atoms with Crippen molar-refractivity contribution in [2.45, 2.75) is 6.92 Å². The van der Waals surface area contributed by atoms with Gasteiger partial charge in [-0.3, -0.25) is 0 Å². The minimum Gasteiger partial charge on any atom is -0.495 e. The van der Waals surface area contributed by atoms with Gasteiger partial charge < -0.3 is 20.9 Å². The molecule has 6 heteroatoms. The van der Waals surface area contributed by atoms with E-state index in [0.717, 1.165) is 5.56 Å².